The summed E-state index contributed by atoms with van der Waals surface area (Å²) in [6.07, 6.45) is -0.0582. The van der Waals surface area contributed by atoms with E-state index in [1.54, 1.807) is 6.07 Å². The largest absolute Gasteiger partial charge is 0.293 e. The van der Waals surface area contributed by atoms with Crippen LogP contribution < -0.4 is 0 Å². The number of nitrogens with zero attached hydrogens (tertiary/aromatic N) is 1. The average molecular weight is 238 g/mol. The van der Waals surface area contributed by atoms with Crippen molar-refractivity contribution in [3.63, 3.8) is 0 Å². The quantitative estimate of drug-likeness (QED) is 0.743. The Morgan fingerprint density at radius 1 is 1.62 bits per heavy atom. The summed E-state index contributed by atoms with van der Waals surface area (Å²) in [5, 5.41) is 8.38. The minimum Gasteiger partial charge on any atom is -0.293 e. The summed E-state index contributed by atoms with van der Waals surface area (Å²) < 4.78 is 0.861. The van der Waals surface area contributed by atoms with Gasteiger partial charge in [-0.1, -0.05) is 22.0 Å². The third-order valence-electron chi connectivity index (χ3n) is 1.74. The predicted octanol–water partition coefficient (Wildman–Crippen LogP) is 2.85. The number of carbonyl (C=O) groups is 1. The van der Waals surface area contributed by atoms with Gasteiger partial charge < -0.3 is 0 Å². The molecule has 0 saturated heterocycles. The number of halogens is 1. The molecule has 0 amide bonds. The van der Waals surface area contributed by atoms with E-state index < -0.39 is 0 Å². The number of hydrogen-bond acceptors (Lipinski definition) is 2. The van der Waals surface area contributed by atoms with Crippen LogP contribution >= 0.6 is 15.9 Å². The Hall–Kier alpha value is -1.14. The first-order chi connectivity index (χ1) is 6.15. The molecule has 13 heavy (non-hydrogen) atoms. The molecule has 0 N–H and O–H groups in total. The first-order valence-electron chi connectivity index (χ1n) is 3.81. The zero-order valence-electron chi connectivity index (χ0n) is 7.17. The number of carbonyl (C=O) groups excluding carboxylic acids is 1. The summed E-state index contributed by atoms with van der Waals surface area (Å²) in [4.78, 5) is 11.4. The minimum atomic E-state index is -0.124. The van der Waals surface area contributed by atoms with Gasteiger partial charge in [0.2, 0.25) is 0 Å². The Kier molecular flexibility index (Phi) is 3.21. The number of aryl methyl sites for hydroxylation is 1. The van der Waals surface area contributed by atoms with Gasteiger partial charge in [0.1, 0.15) is 0 Å². The Labute approximate surface area is 85.3 Å². The van der Waals surface area contributed by atoms with Gasteiger partial charge in [-0.25, -0.2) is 0 Å². The highest BCUT2D eigenvalue weighted by Gasteiger charge is 2.08. The van der Waals surface area contributed by atoms with E-state index in [1.807, 2.05) is 25.1 Å². The average Bonchev–Trinajstić information content (AvgIpc) is 2.09. The van der Waals surface area contributed by atoms with Gasteiger partial charge in [0.05, 0.1) is 12.5 Å². The summed E-state index contributed by atoms with van der Waals surface area (Å²) in [5.74, 6) is -0.124. The molecule has 0 atom stereocenters. The van der Waals surface area contributed by atoms with Crippen molar-refractivity contribution in [1.29, 1.82) is 5.26 Å². The molecule has 1 aromatic carbocycles. The fourth-order valence-electron chi connectivity index (χ4n) is 1.06. The van der Waals surface area contributed by atoms with Gasteiger partial charge in [0, 0.05) is 10.0 Å². The molecular formula is C10H8BrNO. The standard InChI is InChI=1S/C10H8BrNO/c1-7-2-3-8(11)6-9(7)10(13)4-5-12/h2-3,6H,4H2,1H3. The number of nitriles is 1. The van der Waals surface area contributed by atoms with Crippen LogP contribution in [-0.4, -0.2) is 5.78 Å². The van der Waals surface area contributed by atoms with Crippen LogP contribution in [0, 0.1) is 18.3 Å². The lowest BCUT2D eigenvalue weighted by molar-refractivity contribution is 0.0997. The Morgan fingerprint density at radius 3 is 2.92 bits per heavy atom. The SMILES string of the molecule is Cc1ccc(Br)cc1C(=O)CC#N. The van der Waals surface area contributed by atoms with Gasteiger partial charge in [0.15, 0.2) is 5.78 Å². The third-order valence-corrected chi connectivity index (χ3v) is 2.23. The zero-order valence-corrected chi connectivity index (χ0v) is 8.76. The normalized spacial score (nSPS) is 9.31. The molecule has 0 spiro atoms. The third kappa shape index (κ3) is 2.40. The van der Waals surface area contributed by atoms with Crippen molar-refractivity contribution >= 4 is 21.7 Å². The van der Waals surface area contributed by atoms with E-state index in [1.165, 1.54) is 0 Å². The molecule has 66 valence electrons. The van der Waals surface area contributed by atoms with E-state index in [-0.39, 0.29) is 12.2 Å². The smallest absolute Gasteiger partial charge is 0.177 e. The molecule has 0 aliphatic carbocycles. The Morgan fingerprint density at radius 2 is 2.31 bits per heavy atom. The first kappa shape index (κ1) is 9.94. The summed E-state index contributed by atoms with van der Waals surface area (Å²) in [7, 11) is 0. The topological polar surface area (TPSA) is 40.9 Å². The van der Waals surface area contributed by atoms with Crippen molar-refractivity contribution < 1.29 is 4.79 Å². The highest BCUT2D eigenvalue weighted by atomic mass is 79.9. The summed E-state index contributed by atoms with van der Waals surface area (Å²) in [5.41, 5.74) is 1.53. The second kappa shape index (κ2) is 4.20. The van der Waals surface area contributed by atoms with Crippen LogP contribution in [0.3, 0.4) is 0 Å². The molecule has 1 rings (SSSR count). The molecule has 0 aliphatic rings. The van der Waals surface area contributed by atoms with Crippen molar-refractivity contribution in [2.45, 2.75) is 13.3 Å². The van der Waals surface area contributed by atoms with E-state index >= 15 is 0 Å². The molecule has 0 radical (unpaired) electrons. The predicted molar refractivity (Wildman–Crippen MR) is 53.4 cm³/mol. The molecule has 1 aromatic rings. The van der Waals surface area contributed by atoms with Crippen molar-refractivity contribution in [2.24, 2.45) is 0 Å². The van der Waals surface area contributed by atoms with Crippen LogP contribution in [0.5, 0.6) is 0 Å². The zero-order chi connectivity index (χ0) is 9.84. The summed E-state index contributed by atoms with van der Waals surface area (Å²) in [6.45, 7) is 1.86. The molecule has 0 bridgehead atoms. The van der Waals surface area contributed by atoms with Crippen LogP contribution in [0.2, 0.25) is 0 Å². The van der Waals surface area contributed by atoms with Gasteiger partial charge in [-0.15, -0.1) is 0 Å². The molecular weight excluding hydrogens is 230 g/mol. The monoisotopic (exact) mass is 237 g/mol. The van der Waals surface area contributed by atoms with Crippen molar-refractivity contribution in [2.75, 3.05) is 0 Å². The van der Waals surface area contributed by atoms with E-state index in [9.17, 15) is 4.79 Å². The van der Waals surface area contributed by atoms with Crippen LogP contribution in [0.15, 0.2) is 22.7 Å². The summed E-state index contributed by atoms with van der Waals surface area (Å²) >= 11 is 3.28. The Balaban J connectivity index is 3.07. The van der Waals surface area contributed by atoms with Crippen molar-refractivity contribution in [1.82, 2.24) is 0 Å². The maximum atomic E-state index is 11.4. The van der Waals surface area contributed by atoms with Crippen molar-refractivity contribution in [3.8, 4) is 6.07 Å². The number of hydrogen-bond donors (Lipinski definition) is 0. The molecule has 0 saturated carbocycles. The van der Waals surface area contributed by atoms with Crippen LogP contribution in [-0.2, 0) is 0 Å². The molecule has 0 unspecified atom stereocenters. The van der Waals surface area contributed by atoms with Crippen LogP contribution in [0.25, 0.3) is 0 Å². The van der Waals surface area contributed by atoms with Crippen LogP contribution in [0.4, 0.5) is 0 Å². The Bertz CT molecular complexity index is 379. The van der Waals surface area contributed by atoms with Gasteiger partial charge in [-0.05, 0) is 24.6 Å². The van der Waals surface area contributed by atoms with Crippen LogP contribution in [0.1, 0.15) is 22.3 Å². The minimum absolute atomic E-state index is 0.0582. The van der Waals surface area contributed by atoms with E-state index in [4.69, 9.17) is 5.26 Å². The number of ketones is 1. The van der Waals surface area contributed by atoms with Crippen molar-refractivity contribution in [3.05, 3.63) is 33.8 Å². The lowest BCUT2D eigenvalue weighted by Crippen LogP contribution is -2.00. The summed E-state index contributed by atoms with van der Waals surface area (Å²) in [6, 6.07) is 7.32. The molecule has 0 aromatic heterocycles. The van der Waals surface area contributed by atoms with Gasteiger partial charge >= 0.3 is 0 Å². The number of rotatable bonds is 2. The molecule has 3 heteroatoms. The van der Waals surface area contributed by atoms with E-state index in [2.05, 4.69) is 15.9 Å². The molecule has 2 nitrogen and oxygen atoms in total. The maximum absolute atomic E-state index is 11.4. The fourth-order valence-corrected chi connectivity index (χ4v) is 1.42. The number of Topliss-reactive ketones (excluding diaryl/α,β-unsaturated/α-hetero) is 1. The van der Waals surface area contributed by atoms with Gasteiger partial charge in [-0.3, -0.25) is 4.79 Å². The van der Waals surface area contributed by atoms with Gasteiger partial charge in [0.25, 0.3) is 0 Å². The second-order valence-corrected chi connectivity index (χ2v) is 3.63. The van der Waals surface area contributed by atoms with E-state index in [0.717, 1.165) is 10.0 Å². The highest BCUT2D eigenvalue weighted by molar-refractivity contribution is 9.10. The number of benzene rings is 1. The fraction of sp³-hybridized carbons (Fsp3) is 0.200. The first-order valence-corrected chi connectivity index (χ1v) is 4.60. The van der Waals surface area contributed by atoms with E-state index in [0.29, 0.717) is 5.56 Å². The second-order valence-electron chi connectivity index (χ2n) is 2.72. The molecule has 0 heterocycles. The molecule has 0 fully saturated rings. The highest BCUT2D eigenvalue weighted by Crippen LogP contribution is 2.17. The lowest BCUT2D eigenvalue weighted by Gasteiger charge is -2.02. The lowest BCUT2D eigenvalue weighted by atomic mass is 10.0. The van der Waals surface area contributed by atoms with Gasteiger partial charge in [-0.2, -0.15) is 5.26 Å². The molecule has 0 aliphatic heterocycles. The maximum Gasteiger partial charge on any atom is 0.177 e.